The Bertz CT molecular complexity index is 490. The number of aromatic nitrogens is 1. The van der Waals surface area contributed by atoms with E-state index in [1.165, 1.54) is 0 Å². The van der Waals surface area contributed by atoms with Gasteiger partial charge in [-0.05, 0) is 19.1 Å². The molecule has 0 N–H and O–H groups in total. The summed E-state index contributed by atoms with van der Waals surface area (Å²) >= 11 is 1.67. The lowest BCUT2D eigenvalue weighted by Gasteiger charge is -2.03. The average Bonchev–Trinajstić information content (AvgIpc) is 2.96. The van der Waals surface area contributed by atoms with Crippen LogP contribution in [0.3, 0.4) is 0 Å². The summed E-state index contributed by atoms with van der Waals surface area (Å²) in [7, 11) is 0. The highest BCUT2D eigenvalue weighted by molar-refractivity contribution is 7.18. The molecule has 0 spiro atoms. The van der Waals surface area contributed by atoms with Gasteiger partial charge < -0.3 is 9.47 Å². The molecule has 1 aliphatic heterocycles. The van der Waals surface area contributed by atoms with E-state index < -0.39 is 0 Å². The highest BCUT2D eigenvalue weighted by atomic mass is 32.1. The maximum atomic E-state index is 5.70. The fourth-order valence-electron chi connectivity index (χ4n) is 1.50. The van der Waals surface area contributed by atoms with Gasteiger partial charge in [0.1, 0.15) is 18.5 Å². The Kier molecular flexibility index (Phi) is 2.11. The van der Waals surface area contributed by atoms with E-state index in [1.54, 1.807) is 11.3 Å². The molecular weight excluding hydrogens is 210 g/mol. The molecule has 1 fully saturated rings. The van der Waals surface area contributed by atoms with Crippen molar-refractivity contribution in [1.82, 2.24) is 4.98 Å². The van der Waals surface area contributed by atoms with E-state index in [4.69, 9.17) is 9.47 Å². The molecule has 4 heteroatoms. The van der Waals surface area contributed by atoms with Gasteiger partial charge in [0, 0.05) is 0 Å². The standard InChI is InChI=1S/C11H11NO2S/c1-7-12-9-3-2-4-10(11(9)15-7)14-6-8-5-13-8/h2-4,8H,5-6H2,1H3/t8-/m1/s1. The van der Waals surface area contributed by atoms with Gasteiger partial charge >= 0.3 is 0 Å². The van der Waals surface area contributed by atoms with E-state index in [1.807, 2.05) is 25.1 Å². The number of fused-ring (bicyclic) bond motifs is 1. The lowest BCUT2D eigenvalue weighted by Crippen LogP contribution is -2.03. The Morgan fingerprint density at radius 1 is 1.60 bits per heavy atom. The van der Waals surface area contributed by atoms with Crippen molar-refractivity contribution in [1.29, 1.82) is 0 Å². The Hall–Kier alpha value is -1.13. The van der Waals surface area contributed by atoms with Gasteiger partial charge in [-0.3, -0.25) is 0 Å². The van der Waals surface area contributed by atoms with Crippen molar-refractivity contribution in [2.45, 2.75) is 13.0 Å². The van der Waals surface area contributed by atoms with Crippen LogP contribution in [0.15, 0.2) is 18.2 Å². The molecule has 3 rings (SSSR count). The van der Waals surface area contributed by atoms with Crippen LogP contribution < -0.4 is 4.74 Å². The summed E-state index contributed by atoms with van der Waals surface area (Å²) in [5.74, 6) is 0.925. The molecule has 2 aromatic rings. The normalized spacial score (nSPS) is 19.4. The van der Waals surface area contributed by atoms with E-state index in [0.717, 1.165) is 27.6 Å². The Morgan fingerprint density at radius 3 is 3.27 bits per heavy atom. The zero-order chi connectivity index (χ0) is 10.3. The average molecular weight is 221 g/mol. The summed E-state index contributed by atoms with van der Waals surface area (Å²) in [5, 5.41) is 1.07. The van der Waals surface area contributed by atoms with E-state index in [2.05, 4.69) is 4.98 Å². The fraction of sp³-hybridized carbons (Fsp3) is 0.364. The molecule has 78 valence electrons. The van der Waals surface area contributed by atoms with Crippen LogP contribution in [-0.4, -0.2) is 24.3 Å². The maximum Gasteiger partial charge on any atom is 0.138 e. The maximum absolute atomic E-state index is 5.70. The first-order valence-electron chi connectivity index (χ1n) is 4.93. The zero-order valence-corrected chi connectivity index (χ0v) is 9.21. The van der Waals surface area contributed by atoms with Gasteiger partial charge in [-0.15, -0.1) is 11.3 Å². The molecule has 1 aromatic heterocycles. The van der Waals surface area contributed by atoms with Crippen molar-refractivity contribution < 1.29 is 9.47 Å². The SMILES string of the molecule is Cc1nc2cccc(OC[C@H]3CO3)c2s1. The summed E-state index contributed by atoms with van der Waals surface area (Å²) in [6.07, 6.45) is 0.300. The topological polar surface area (TPSA) is 34.6 Å². The van der Waals surface area contributed by atoms with Crippen molar-refractivity contribution in [2.24, 2.45) is 0 Å². The number of hydrogen-bond donors (Lipinski definition) is 0. The van der Waals surface area contributed by atoms with Crippen molar-refractivity contribution in [3.63, 3.8) is 0 Å². The molecule has 0 saturated carbocycles. The number of rotatable bonds is 3. The number of epoxide rings is 1. The van der Waals surface area contributed by atoms with Crippen LogP contribution in [0, 0.1) is 6.92 Å². The first kappa shape index (κ1) is 9.12. The van der Waals surface area contributed by atoms with Gasteiger partial charge in [-0.2, -0.15) is 0 Å². The first-order valence-corrected chi connectivity index (χ1v) is 5.75. The van der Waals surface area contributed by atoms with Crippen molar-refractivity contribution in [3.8, 4) is 5.75 Å². The number of benzene rings is 1. The lowest BCUT2D eigenvalue weighted by molar-refractivity contribution is 0.265. The Labute approximate surface area is 91.7 Å². The molecule has 15 heavy (non-hydrogen) atoms. The molecule has 1 atom stereocenters. The van der Waals surface area contributed by atoms with Gasteiger partial charge in [0.15, 0.2) is 0 Å². The fourth-order valence-corrected chi connectivity index (χ4v) is 2.38. The second kappa shape index (κ2) is 3.47. The third kappa shape index (κ3) is 1.82. The van der Waals surface area contributed by atoms with Crippen molar-refractivity contribution in [2.75, 3.05) is 13.2 Å². The molecule has 3 nitrogen and oxygen atoms in total. The molecule has 0 bridgehead atoms. The molecule has 2 heterocycles. The lowest BCUT2D eigenvalue weighted by atomic mass is 10.3. The smallest absolute Gasteiger partial charge is 0.138 e. The minimum Gasteiger partial charge on any atom is -0.489 e. The van der Waals surface area contributed by atoms with Crippen LogP contribution in [0.2, 0.25) is 0 Å². The van der Waals surface area contributed by atoms with Gasteiger partial charge in [-0.1, -0.05) is 6.07 Å². The van der Waals surface area contributed by atoms with Crippen LogP contribution in [-0.2, 0) is 4.74 Å². The monoisotopic (exact) mass is 221 g/mol. The second-order valence-corrected chi connectivity index (χ2v) is 4.81. The highest BCUT2D eigenvalue weighted by Crippen LogP contribution is 2.31. The minimum atomic E-state index is 0.300. The number of thiazole rings is 1. The number of ether oxygens (including phenoxy) is 2. The van der Waals surface area contributed by atoms with Gasteiger partial charge in [0.05, 0.1) is 21.8 Å². The molecule has 0 aliphatic carbocycles. The molecule has 0 unspecified atom stereocenters. The summed E-state index contributed by atoms with van der Waals surface area (Å²) in [6.45, 7) is 3.49. The first-order chi connectivity index (χ1) is 7.33. The van der Waals surface area contributed by atoms with E-state index in [-0.39, 0.29) is 0 Å². The van der Waals surface area contributed by atoms with Crippen molar-refractivity contribution in [3.05, 3.63) is 23.2 Å². The minimum absolute atomic E-state index is 0.300. The highest BCUT2D eigenvalue weighted by Gasteiger charge is 2.23. The summed E-state index contributed by atoms with van der Waals surface area (Å²) < 4.78 is 11.9. The van der Waals surface area contributed by atoms with E-state index in [9.17, 15) is 0 Å². The van der Waals surface area contributed by atoms with Crippen LogP contribution >= 0.6 is 11.3 Å². The van der Waals surface area contributed by atoms with E-state index in [0.29, 0.717) is 12.7 Å². The number of hydrogen-bond acceptors (Lipinski definition) is 4. The van der Waals surface area contributed by atoms with Crippen LogP contribution in [0.25, 0.3) is 10.2 Å². The summed E-state index contributed by atoms with van der Waals surface area (Å²) in [6, 6.07) is 5.98. The molecule has 0 radical (unpaired) electrons. The Morgan fingerprint density at radius 2 is 2.47 bits per heavy atom. The second-order valence-electron chi connectivity index (χ2n) is 3.60. The molecule has 1 saturated heterocycles. The quantitative estimate of drug-likeness (QED) is 0.746. The van der Waals surface area contributed by atoms with E-state index >= 15 is 0 Å². The van der Waals surface area contributed by atoms with Gasteiger partial charge in [-0.25, -0.2) is 4.98 Å². The molecular formula is C11H11NO2S. The number of nitrogens with zero attached hydrogens (tertiary/aromatic N) is 1. The van der Waals surface area contributed by atoms with Gasteiger partial charge in [0.25, 0.3) is 0 Å². The molecule has 1 aromatic carbocycles. The Balaban J connectivity index is 1.93. The zero-order valence-electron chi connectivity index (χ0n) is 8.40. The third-order valence-corrected chi connectivity index (χ3v) is 3.31. The summed E-state index contributed by atoms with van der Waals surface area (Å²) in [5.41, 5.74) is 1.02. The molecule has 1 aliphatic rings. The van der Waals surface area contributed by atoms with Crippen molar-refractivity contribution >= 4 is 21.6 Å². The number of aryl methyl sites for hydroxylation is 1. The molecule has 0 amide bonds. The van der Waals surface area contributed by atoms with Crippen LogP contribution in [0.1, 0.15) is 5.01 Å². The predicted octanol–water partition coefficient (Wildman–Crippen LogP) is 2.38. The van der Waals surface area contributed by atoms with Crippen LogP contribution in [0.5, 0.6) is 5.75 Å². The van der Waals surface area contributed by atoms with Crippen LogP contribution in [0.4, 0.5) is 0 Å². The van der Waals surface area contributed by atoms with Gasteiger partial charge in [0.2, 0.25) is 0 Å². The largest absolute Gasteiger partial charge is 0.489 e. The third-order valence-electron chi connectivity index (χ3n) is 2.31. The summed E-state index contributed by atoms with van der Waals surface area (Å²) in [4.78, 5) is 4.42. The predicted molar refractivity (Wildman–Crippen MR) is 59.6 cm³/mol.